The van der Waals surface area contributed by atoms with Gasteiger partial charge in [-0.2, -0.15) is 0 Å². The van der Waals surface area contributed by atoms with E-state index in [0.29, 0.717) is 22.5 Å². The maximum absolute atomic E-state index is 11.8. The molecular formula is C21H20N2O4. The molecule has 2 N–H and O–H groups in total. The summed E-state index contributed by atoms with van der Waals surface area (Å²) in [7, 11) is 0. The molecule has 0 spiro atoms. The van der Waals surface area contributed by atoms with Crippen LogP contribution in [0.15, 0.2) is 54.6 Å². The quantitative estimate of drug-likeness (QED) is 0.687. The largest absolute Gasteiger partial charge is 0.478 e. The van der Waals surface area contributed by atoms with Crippen molar-refractivity contribution in [1.82, 2.24) is 4.98 Å². The van der Waals surface area contributed by atoms with Crippen molar-refractivity contribution in [2.75, 3.05) is 5.32 Å². The number of hydrogen-bond acceptors (Lipinski definition) is 4. The van der Waals surface area contributed by atoms with E-state index in [4.69, 9.17) is 4.74 Å². The first-order valence-corrected chi connectivity index (χ1v) is 8.46. The van der Waals surface area contributed by atoms with Gasteiger partial charge in [-0.25, -0.2) is 14.6 Å². The van der Waals surface area contributed by atoms with Gasteiger partial charge in [0.2, 0.25) is 0 Å². The summed E-state index contributed by atoms with van der Waals surface area (Å²) in [5, 5.41) is 13.0. The first-order valence-electron chi connectivity index (χ1n) is 8.46. The van der Waals surface area contributed by atoms with E-state index < -0.39 is 17.7 Å². The summed E-state index contributed by atoms with van der Waals surface area (Å²) in [4.78, 5) is 28.0. The molecule has 0 aliphatic carbocycles. The van der Waals surface area contributed by atoms with Gasteiger partial charge in [-0.05, 0) is 45.0 Å². The Morgan fingerprint density at radius 1 is 1.04 bits per heavy atom. The number of anilines is 1. The molecule has 0 saturated carbocycles. The monoisotopic (exact) mass is 364 g/mol. The third kappa shape index (κ3) is 4.41. The fraction of sp³-hybridized carbons (Fsp3) is 0.190. The second-order valence-electron chi connectivity index (χ2n) is 7.09. The highest BCUT2D eigenvalue weighted by Gasteiger charge is 2.17. The number of carbonyl (C=O) groups excluding carboxylic acids is 1. The molecule has 27 heavy (non-hydrogen) atoms. The lowest BCUT2D eigenvalue weighted by Gasteiger charge is -2.19. The molecule has 0 aliphatic rings. The Morgan fingerprint density at radius 3 is 2.33 bits per heavy atom. The highest BCUT2D eigenvalue weighted by molar-refractivity contribution is 5.99. The minimum absolute atomic E-state index is 0.126. The van der Waals surface area contributed by atoms with Crippen molar-refractivity contribution in [1.29, 1.82) is 0 Å². The molecule has 6 heteroatoms. The summed E-state index contributed by atoms with van der Waals surface area (Å²) in [6, 6.07) is 15.8. The number of aromatic nitrogens is 1. The van der Waals surface area contributed by atoms with Gasteiger partial charge in [0.05, 0.1) is 16.8 Å². The van der Waals surface area contributed by atoms with Gasteiger partial charge in [0.15, 0.2) is 0 Å². The number of carboxylic acid groups (broad SMARTS) is 1. The standard InChI is InChI=1S/C21H20N2O4/c1-21(2,3)27-20(26)22-15-10-8-13(9-11-15)18-16(19(24)25)12-14-6-4-5-7-17(14)23-18/h4-12H,1-3H3,(H,22,26)(H,24,25). The maximum Gasteiger partial charge on any atom is 0.412 e. The van der Waals surface area contributed by atoms with Crippen molar-refractivity contribution in [3.8, 4) is 11.3 Å². The Labute approximate surface area is 156 Å². The number of carbonyl (C=O) groups is 2. The zero-order valence-corrected chi connectivity index (χ0v) is 15.3. The number of ether oxygens (including phenoxy) is 1. The van der Waals surface area contributed by atoms with Gasteiger partial charge in [-0.1, -0.05) is 30.3 Å². The normalized spacial score (nSPS) is 11.2. The second-order valence-corrected chi connectivity index (χ2v) is 7.09. The summed E-state index contributed by atoms with van der Waals surface area (Å²) in [6.45, 7) is 5.36. The number of rotatable bonds is 3. The molecule has 0 aliphatic heterocycles. The van der Waals surface area contributed by atoms with Crippen LogP contribution in [-0.4, -0.2) is 27.8 Å². The van der Waals surface area contributed by atoms with Crippen LogP contribution in [0.5, 0.6) is 0 Å². The minimum Gasteiger partial charge on any atom is -0.478 e. The molecule has 138 valence electrons. The van der Waals surface area contributed by atoms with Crippen LogP contribution in [0.2, 0.25) is 0 Å². The molecule has 6 nitrogen and oxygen atoms in total. The molecule has 0 unspecified atom stereocenters. The third-order valence-electron chi connectivity index (χ3n) is 3.76. The summed E-state index contributed by atoms with van der Waals surface area (Å²) >= 11 is 0. The number of para-hydroxylation sites is 1. The Hall–Kier alpha value is -3.41. The van der Waals surface area contributed by atoms with Crippen molar-refractivity contribution >= 4 is 28.7 Å². The molecule has 2 aromatic carbocycles. The van der Waals surface area contributed by atoms with E-state index in [1.807, 2.05) is 24.3 Å². The predicted octanol–water partition coefficient (Wildman–Crippen LogP) is 4.95. The van der Waals surface area contributed by atoms with Crippen LogP contribution in [0.25, 0.3) is 22.2 Å². The van der Waals surface area contributed by atoms with Crippen LogP contribution in [0.1, 0.15) is 31.1 Å². The highest BCUT2D eigenvalue weighted by Crippen LogP contribution is 2.27. The second kappa shape index (κ2) is 7.07. The van der Waals surface area contributed by atoms with E-state index in [9.17, 15) is 14.7 Å². The van der Waals surface area contributed by atoms with Gasteiger partial charge < -0.3 is 9.84 Å². The van der Waals surface area contributed by atoms with E-state index in [1.165, 1.54) is 0 Å². The van der Waals surface area contributed by atoms with Crippen LogP contribution in [0.3, 0.4) is 0 Å². The van der Waals surface area contributed by atoms with Crippen molar-refractivity contribution in [3.05, 3.63) is 60.2 Å². The maximum atomic E-state index is 11.8. The first-order chi connectivity index (χ1) is 12.7. The Balaban J connectivity index is 1.92. The number of nitrogens with one attached hydrogen (secondary N) is 1. The number of hydrogen-bond donors (Lipinski definition) is 2. The molecule has 3 rings (SSSR count). The molecule has 1 amide bonds. The fourth-order valence-electron chi connectivity index (χ4n) is 2.63. The molecule has 0 radical (unpaired) electrons. The van der Waals surface area contributed by atoms with E-state index in [2.05, 4.69) is 10.3 Å². The van der Waals surface area contributed by atoms with E-state index >= 15 is 0 Å². The molecule has 3 aromatic rings. The number of benzene rings is 2. The minimum atomic E-state index is -1.04. The van der Waals surface area contributed by atoms with Crippen molar-refractivity contribution < 1.29 is 19.4 Å². The van der Waals surface area contributed by atoms with Crippen LogP contribution in [0, 0.1) is 0 Å². The van der Waals surface area contributed by atoms with Crippen molar-refractivity contribution in [2.24, 2.45) is 0 Å². The van der Waals surface area contributed by atoms with Gasteiger partial charge in [0.25, 0.3) is 0 Å². The van der Waals surface area contributed by atoms with Gasteiger partial charge >= 0.3 is 12.1 Å². The zero-order valence-electron chi connectivity index (χ0n) is 15.3. The zero-order chi connectivity index (χ0) is 19.6. The number of fused-ring (bicyclic) bond motifs is 1. The number of amides is 1. The van der Waals surface area contributed by atoms with Gasteiger partial charge in [-0.15, -0.1) is 0 Å². The lowest BCUT2D eigenvalue weighted by molar-refractivity contribution is 0.0634. The molecule has 1 heterocycles. The predicted molar refractivity (Wildman–Crippen MR) is 104 cm³/mol. The average Bonchev–Trinajstić information content (AvgIpc) is 2.59. The number of aromatic carboxylic acids is 1. The summed E-state index contributed by atoms with van der Waals surface area (Å²) < 4.78 is 5.22. The van der Waals surface area contributed by atoms with Gasteiger partial charge in [0, 0.05) is 16.6 Å². The molecule has 0 saturated heterocycles. The fourth-order valence-corrected chi connectivity index (χ4v) is 2.63. The topological polar surface area (TPSA) is 88.5 Å². The highest BCUT2D eigenvalue weighted by atomic mass is 16.6. The smallest absolute Gasteiger partial charge is 0.412 e. The number of carboxylic acids is 1. The Bertz CT molecular complexity index is 1000. The summed E-state index contributed by atoms with van der Waals surface area (Å²) in [5.41, 5.74) is 1.83. The molecule has 0 bridgehead atoms. The van der Waals surface area contributed by atoms with Crippen LogP contribution < -0.4 is 5.32 Å². The summed E-state index contributed by atoms with van der Waals surface area (Å²) in [5.74, 6) is -1.04. The molecule has 1 aromatic heterocycles. The number of nitrogens with zero attached hydrogens (tertiary/aromatic N) is 1. The van der Waals surface area contributed by atoms with Crippen LogP contribution in [0.4, 0.5) is 10.5 Å². The SMILES string of the molecule is CC(C)(C)OC(=O)Nc1ccc(-c2nc3ccccc3cc2C(=O)O)cc1. The molecule has 0 fully saturated rings. The average molecular weight is 364 g/mol. The third-order valence-corrected chi connectivity index (χ3v) is 3.76. The van der Waals surface area contributed by atoms with Gasteiger partial charge in [0.1, 0.15) is 5.60 Å². The molecule has 0 atom stereocenters. The number of pyridine rings is 1. The van der Waals surface area contributed by atoms with E-state index in [0.717, 1.165) is 5.39 Å². The summed E-state index contributed by atoms with van der Waals surface area (Å²) in [6.07, 6.45) is -0.551. The molecular weight excluding hydrogens is 344 g/mol. The van der Waals surface area contributed by atoms with E-state index in [-0.39, 0.29) is 5.56 Å². The van der Waals surface area contributed by atoms with Gasteiger partial charge in [-0.3, -0.25) is 5.32 Å². The lowest BCUT2D eigenvalue weighted by Crippen LogP contribution is -2.27. The van der Waals surface area contributed by atoms with E-state index in [1.54, 1.807) is 51.1 Å². The van der Waals surface area contributed by atoms with Crippen LogP contribution in [-0.2, 0) is 4.74 Å². The van der Waals surface area contributed by atoms with Crippen molar-refractivity contribution in [2.45, 2.75) is 26.4 Å². The van der Waals surface area contributed by atoms with Crippen molar-refractivity contribution in [3.63, 3.8) is 0 Å². The first kappa shape index (κ1) is 18.4. The Kier molecular flexibility index (Phi) is 4.81. The lowest BCUT2D eigenvalue weighted by atomic mass is 10.0. The van der Waals surface area contributed by atoms with Crippen LogP contribution >= 0.6 is 0 Å². The Morgan fingerprint density at radius 2 is 1.70 bits per heavy atom.